The van der Waals surface area contributed by atoms with Gasteiger partial charge in [0.1, 0.15) is 41.7 Å². The minimum atomic E-state index is -4.37. The Balaban J connectivity index is 1.55. The molecule has 2 aromatic heterocycles. The first kappa shape index (κ1) is 26.8. The van der Waals surface area contributed by atoms with Crippen LogP contribution in [0.1, 0.15) is 20.1 Å². The number of ether oxygens (including phenoxy) is 2. The summed E-state index contributed by atoms with van der Waals surface area (Å²) in [6, 6.07) is 3.38. The number of nitrogens with one attached hydrogen (secondary N) is 1. The highest BCUT2D eigenvalue weighted by Crippen LogP contribution is 2.48. The molecule has 37 heavy (non-hydrogen) atoms. The lowest BCUT2D eigenvalue weighted by Crippen LogP contribution is -2.41. The molecule has 0 bridgehead atoms. The van der Waals surface area contributed by atoms with E-state index in [0.717, 1.165) is 26.2 Å². The molecule has 16 heteroatoms. The number of halogens is 2. The Morgan fingerprint density at radius 2 is 2.05 bits per heavy atom. The minimum Gasteiger partial charge on any atom is -0.468 e. The smallest absolute Gasteiger partial charge is 0.459 e. The second kappa shape index (κ2) is 10.3. The summed E-state index contributed by atoms with van der Waals surface area (Å²) >= 11 is 0. The van der Waals surface area contributed by atoms with Crippen molar-refractivity contribution in [1.82, 2.24) is 24.6 Å². The molecular weight excluding hydrogens is 517 g/mol. The molecule has 1 fully saturated rings. The predicted octanol–water partition coefficient (Wildman–Crippen LogP) is 1.89. The van der Waals surface area contributed by atoms with E-state index in [0.29, 0.717) is 0 Å². The Labute approximate surface area is 209 Å². The molecule has 4 N–H and O–H groups in total. The first-order valence-electron chi connectivity index (χ1n) is 11.0. The number of aliphatic hydroxyl groups is 1. The molecule has 1 aliphatic heterocycles. The molecule has 4 rings (SSSR count). The molecule has 6 atom stereocenters. The van der Waals surface area contributed by atoms with Crippen molar-refractivity contribution in [2.24, 2.45) is 0 Å². The van der Waals surface area contributed by atoms with Crippen LogP contribution in [0.2, 0.25) is 0 Å². The molecule has 200 valence electrons. The van der Waals surface area contributed by atoms with Crippen molar-refractivity contribution >= 4 is 30.7 Å². The summed E-state index contributed by atoms with van der Waals surface area (Å²) in [4.78, 5) is 23.9. The van der Waals surface area contributed by atoms with Gasteiger partial charge in [-0.05, 0) is 38.1 Å². The van der Waals surface area contributed by atoms with Crippen LogP contribution in [0, 0.1) is 5.82 Å². The summed E-state index contributed by atoms with van der Waals surface area (Å²) < 4.78 is 65.0. The van der Waals surface area contributed by atoms with Crippen LogP contribution >= 0.6 is 7.75 Å². The molecule has 13 nitrogen and oxygen atoms in total. The Morgan fingerprint density at radius 1 is 1.35 bits per heavy atom. The SMILES string of the molecule is COC(=O)[C@H](C)NP(=O)(OC[C@H]1O[C@@H](n2cnc3c(N)ncnc32)C(C)(F)[C@@H]1O)Oc1ccc(F)cc1. The van der Waals surface area contributed by atoms with Gasteiger partial charge in [-0.1, -0.05) is 0 Å². The highest BCUT2D eigenvalue weighted by Gasteiger charge is 2.56. The van der Waals surface area contributed by atoms with E-state index in [1.807, 2.05) is 0 Å². The number of rotatable bonds is 9. The fraction of sp³-hybridized carbons (Fsp3) is 0.429. The number of esters is 1. The van der Waals surface area contributed by atoms with Gasteiger partial charge in [-0.2, -0.15) is 5.09 Å². The number of hydrogen-bond acceptors (Lipinski definition) is 11. The Bertz CT molecular complexity index is 1320. The predicted molar refractivity (Wildman–Crippen MR) is 124 cm³/mol. The molecule has 1 aromatic carbocycles. The Hall–Kier alpha value is -3.23. The van der Waals surface area contributed by atoms with Gasteiger partial charge in [0, 0.05) is 0 Å². The number of hydrogen-bond donors (Lipinski definition) is 3. The maximum Gasteiger partial charge on any atom is 0.459 e. The van der Waals surface area contributed by atoms with Crippen LogP contribution in [0.25, 0.3) is 11.2 Å². The van der Waals surface area contributed by atoms with E-state index >= 15 is 4.39 Å². The molecule has 3 aromatic rings. The van der Waals surface area contributed by atoms with Gasteiger partial charge in [-0.25, -0.2) is 28.3 Å². The van der Waals surface area contributed by atoms with E-state index in [1.165, 1.54) is 36.3 Å². The molecule has 0 amide bonds. The molecule has 0 radical (unpaired) electrons. The molecular formula is C21H25F2N6O7P. The molecule has 0 aliphatic carbocycles. The lowest BCUT2D eigenvalue weighted by atomic mass is 9.98. The van der Waals surface area contributed by atoms with Crippen molar-refractivity contribution in [3.05, 3.63) is 42.7 Å². The summed E-state index contributed by atoms with van der Waals surface area (Å²) in [7, 11) is -3.23. The second-order valence-electron chi connectivity index (χ2n) is 8.42. The number of aliphatic hydroxyl groups excluding tert-OH is 1. The first-order chi connectivity index (χ1) is 17.4. The maximum absolute atomic E-state index is 15.7. The van der Waals surface area contributed by atoms with E-state index in [4.69, 9.17) is 19.5 Å². The van der Waals surface area contributed by atoms with Gasteiger partial charge in [0.25, 0.3) is 0 Å². The summed E-state index contributed by atoms with van der Waals surface area (Å²) in [5.41, 5.74) is 3.82. The first-order valence-corrected chi connectivity index (χ1v) is 12.5. The van der Waals surface area contributed by atoms with Crippen molar-refractivity contribution < 1.29 is 41.8 Å². The third-order valence-electron chi connectivity index (χ3n) is 5.71. The number of imidazole rings is 1. The Morgan fingerprint density at radius 3 is 2.73 bits per heavy atom. The van der Waals surface area contributed by atoms with Crippen molar-refractivity contribution in [2.45, 2.75) is 44.0 Å². The number of anilines is 1. The lowest BCUT2D eigenvalue weighted by molar-refractivity contribution is -0.142. The van der Waals surface area contributed by atoms with Crippen LogP contribution in [0.3, 0.4) is 0 Å². The van der Waals surface area contributed by atoms with Gasteiger partial charge in [0.05, 0.1) is 20.0 Å². The van der Waals surface area contributed by atoms with E-state index in [9.17, 15) is 18.9 Å². The fourth-order valence-electron chi connectivity index (χ4n) is 3.75. The van der Waals surface area contributed by atoms with Gasteiger partial charge in [-0.3, -0.25) is 13.9 Å². The zero-order chi connectivity index (χ0) is 27.0. The number of nitrogens with two attached hydrogens (primary N) is 1. The van der Waals surface area contributed by atoms with E-state index in [2.05, 4.69) is 24.8 Å². The molecule has 0 saturated carbocycles. The van der Waals surface area contributed by atoms with E-state index in [1.54, 1.807) is 0 Å². The number of aromatic nitrogens is 4. The summed E-state index contributed by atoms with van der Waals surface area (Å²) in [5, 5.41) is 13.1. The number of carbonyl (C=O) groups excluding carboxylic acids is 1. The normalized spacial score (nSPS) is 26.1. The van der Waals surface area contributed by atoms with Crippen LogP contribution in [-0.4, -0.2) is 68.2 Å². The molecule has 1 saturated heterocycles. The summed E-state index contributed by atoms with van der Waals surface area (Å²) in [6.07, 6.45) is -2.07. The van der Waals surface area contributed by atoms with Crippen molar-refractivity contribution in [3.63, 3.8) is 0 Å². The topological polar surface area (TPSA) is 173 Å². The number of nitrogens with zero attached hydrogens (tertiary/aromatic N) is 4. The zero-order valence-corrected chi connectivity index (χ0v) is 20.8. The number of fused-ring (bicyclic) bond motifs is 1. The number of alkyl halides is 1. The highest BCUT2D eigenvalue weighted by atomic mass is 31.2. The lowest BCUT2D eigenvalue weighted by Gasteiger charge is -2.25. The van der Waals surface area contributed by atoms with Crippen LogP contribution in [0.15, 0.2) is 36.9 Å². The van der Waals surface area contributed by atoms with Crippen LogP contribution in [-0.2, 0) is 23.4 Å². The zero-order valence-electron chi connectivity index (χ0n) is 19.9. The average molecular weight is 542 g/mol. The molecule has 0 spiro atoms. The summed E-state index contributed by atoms with van der Waals surface area (Å²) in [5.74, 6) is -1.30. The number of nitrogen functional groups attached to an aromatic ring is 1. The monoisotopic (exact) mass is 542 g/mol. The van der Waals surface area contributed by atoms with Crippen molar-refractivity contribution in [3.8, 4) is 5.75 Å². The highest BCUT2D eigenvalue weighted by molar-refractivity contribution is 7.52. The van der Waals surface area contributed by atoms with Gasteiger partial charge in [0.15, 0.2) is 23.4 Å². The Kier molecular flexibility index (Phi) is 7.44. The van der Waals surface area contributed by atoms with Crippen molar-refractivity contribution in [1.29, 1.82) is 0 Å². The quantitative estimate of drug-likeness (QED) is 0.265. The second-order valence-corrected chi connectivity index (χ2v) is 10.1. The van der Waals surface area contributed by atoms with Gasteiger partial charge >= 0.3 is 13.7 Å². The van der Waals surface area contributed by atoms with Gasteiger partial charge in [-0.15, -0.1) is 0 Å². The van der Waals surface area contributed by atoms with Crippen LogP contribution in [0.5, 0.6) is 5.75 Å². The number of carbonyl (C=O) groups is 1. The third-order valence-corrected chi connectivity index (χ3v) is 7.35. The number of benzene rings is 1. The summed E-state index contributed by atoms with van der Waals surface area (Å²) in [6.45, 7) is 1.84. The largest absolute Gasteiger partial charge is 0.468 e. The fourth-order valence-corrected chi connectivity index (χ4v) is 5.26. The van der Waals surface area contributed by atoms with Crippen LogP contribution in [0.4, 0.5) is 14.6 Å². The maximum atomic E-state index is 15.7. The van der Waals surface area contributed by atoms with Gasteiger partial charge < -0.3 is 24.8 Å². The van der Waals surface area contributed by atoms with Crippen LogP contribution < -0.4 is 15.3 Å². The molecule has 3 heterocycles. The minimum absolute atomic E-state index is 0.0439. The van der Waals surface area contributed by atoms with Gasteiger partial charge in [0.2, 0.25) is 0 Å². The van der Waals surface area contributed by atoms with E-state index < -0.39 is 56.3 Å². The molecule has 1 aliphatic rings. The van der Waals surface area contributed by atoms with E-state index in [-0.39, 0.29) is 22.7 Å². The average Bonchev–Trinajstić information content (AvgIpc) is 3.38. The van der Waals surface area contributed by atoms with Crippen molar-refractivity contribution in [2.75, 3.05) is 19.5 Å². The standard InChI is InChI=1S/C21H25F2N6O7P/c1-11(19(31)33-3)28-37(32,36-13-6-4-12(22)5-7-13)34-8-14-16(30)21(2,23)20(35-14)29-10-27-15-17(24)25-9-26-18(15)29/h4-7,9-11,14,16,20,30H,8H2,1-3H3,(H,28,32)(H2,24,25,26)/t11-,14+,16+,20+,21?,37?/m0/s1. The number of methoxy groups -OCH3 is 1. The third kappa shape index (κ3) is 5.40. The molecule has 2 unspecified atom stereocenters.